The summed E-state index contributed by atoms with van der Waals surface area (Å²) >= 11 is 0. The van der Waals surface area contributed by atoms with E-state index in [1.807, 2.05) is 36.9 Å². The number of fused-ring (bicyclic) bond motifs is 1. The van der Waals surface area contributed by atoms with Gasteiger partial charge in [0.05, 0.1) is 0 Å². The third-order valence-corrected chi connectivity index (χ3v) is 5.62. The Balaban J connectivity index is 1.88. The van der Waals surface area contributed by atoms with Crippen molar-refractivity contribution in [2.75, 3.05) is 16.8 Å². The van der Waals surface area contributed by atoms with Crippen LogP contribution < -0.4 is 10.2 Å². The number of hydrogen-bond acceptors (Lipinski definition) is 2. The second kappa shape index (κ2) is 6.23. The summed E-state index contributed by atoms with van der Waals surface area (Å²) in [5, 5.41) is 3.03. The standard InChI is InChI=1S/C20H28N2O2/c1-13(2)18(23)21-16-8-5-9-17-14(16)7-6-12-22(17)19(24)15-10-11-20(15,3)4/h5,8-9,13,15H,6-7,10-12H2,1-4H3,(H,21,23). The highest BCUT2D eigenvalue weighted by molar-refractivity contribution is 5.99. The van der Waals surface area contributed by atoms with Crippen molar-refractivity contribution in [3.05, 3.63) is 23.8 Å². The average Bonchev–Trinajstić information content (AvgIpc) is 2.53. The molecule has 3 rings (SSSR count). The van der Waals surface area contributed by atoms with Gasteiger partial charge < -0.3 is 10.2 Å². The maximum Gasteiger partial charge on any atom is 0.230 e. The molecule has 1 saturated carbocycles. The molecule has 1 aromatic carbocycles. The topological polar surface area (TPSA) is 49.4 Å². The molecule has 1 N–H and O–H groups in total. The number of nitrogens with zero attached hydrogens (tertiary/aromatic N) is 1. The zero-order valence-corrected chi connectivity index (χ0v) is 15.2. The van der Waals surface area contributed by atoms with E-state index in [1.165, 1.54) is 0 Å². The predicted octanol–water partition coefficient (Wildman–Crippen LogP) is 4.00. The molecule has 1 heterocycles. The van der Waals surface area contributed by atoms with Gasteiger partial charge in [0.15, 0.2) is 0 Å². The van der Waals surface area contributed by atoms with E-state index in [4.69, 9.17) is 0 Å². The minimum Gasteiger partial charge on any atom is -0.326 e. The van der Waals surface area contributed by atoms with Gasteiger partial charge in [-0.1, -0.05) is 33.8 Å². The normalized spacial score (nSPS) is 21.9. The Bertz CT molecular complexity index is 664. The number of amides is 2. The summed E-state index contributed by atoms with van der Waals surface area (Å²) in [5.74, 6) is 0.335. The number of anilines is 2. The van der Waals surface area contributed by atoms with Gasteiger partial charge >= 0.3 is 0 Å². The zero-order valence-electron chi connectivity index (χ0n) is 15.2. The number of benzene rings is 1. The number of nitrogens with one attached hydrogen (secondary N) is 1. The minimum absolute atomic E-state index is 0.0203. The van der Waals surface area contributed by atoms with Gasteiger partial charge in [0.1, 0.15) is 0 Å². The van der Waals surface area contributed by atoms with E-state index in [9.17, 15) is 9.59 Å². The third-order valence-electron chi connectivity index (χ3n) is 5.62. The summed E-state index contributed by atoms with van der Waals surface area (Å²) in [4.78, 5) is 27.1. The van der Waals surface area contributed by atoms with Crippen molar-refractivity contribution in [1.29, 1.82) is 0 Å². The monoisotopic (exact) mass is 328 g/mol. The molecule has 0 spiro atoms. The van der Waals surface area contributed by atoms with Crippen molar-refractivity contribution in [2.24, 2.45) is 17.3 Å². The summed E-state index contributed by atoms with van der Waals surface area (Å²) in [6.45, 7) is 8.92. The molecule has 0 saturated heterocycles. The first-order valence-corrected chi connectivity index (χ1v) is 9.05. The van der Waals surface area contributed by atoms with Crippen LogP contribution in [0.1, 0.15) is 52.5 Å². The molecule has 1 aromatic rings. The summed E-state index contributed by atoms with van der Waals surface area (Å²) in [7, 11) is 0. The van der Waals surface area contributed by atoms with E-state index < -0.39 is 0 Å². The molecule has 2 amide bonds. The van der Waals surface area contributed by atoms with Gasteiger partial charge in [-0.05, 0) is 48.8 Å². The van der Waals surface area contributed by atoms with E-state index in [2.05, 4.69) is 19.2 Å². The van der Waals surface area contributed by atoms with Crippen LogP contribution >= 0.6 is 0 Å². The Kier molecular flexibility index (Phi) is 4.41. The molecular formula is C20H28N2O2. The van der Waals surface area contributed by atoms with Gasteiger partial charge in [-0.25, -0.2) is 0 Å². The van der Waals surface area contributed by atoms with Gasteiger partial charge in [0.25, 0.3) is 0 Å². The second-order valence-electron chi connectivity index (χ2n) is 8.12. The van der Waals surface area contributed by atoms with E-state index in [0.717, 1.165) is 49.2 Å². The van der Waals surface area contributed by atoms with Gasteiger partial charge in [0, 0.05) is 29.8 Å². The quantitative estimate of drug-likeness (QED) is 0.912. The van der Waals surface area contributed by atoms with E-state index >= 15 is 0 Å². The SMILES string of the molecule is CC(C)C(=O)Nc1cccc2c1CCCN2C(=O)C1CCC1(C)C. The molecule has 0 radical (unpaired) electrons. The van der Waals surface area contributed by atoms with Crippen LogP contribution in [0.15, 0.2) is 18.2 Å². The van der Waals surface area contributed by atoms with Crippen LogP contribution in [0.25, 0.3) is 0 Å². The first-order valence-electron chi connectivity index (χ1n) is 9.05. The first kappa shape index (κ1) is 17.0. The van der Waals surface area contributed by atoms with Crippen molar-refractivity contribution >= 4 is 23.2 Å². The molecule has 1 aliphatic carbocycles. The molecule has 1 fully saturated rings. The van der Waals surface area contributed by atoms with E-state index in [1.54, 1.807) is 0 Å². The van der Waals surface area contributed by atoms with Crippen LogP contribution in [0.4, 0.5) is 11.4 Å². The van der Waals surface area contributed by atoms with Crippen molar-refractivity contribution in [3.63, 3.8) is 0 Å². The summed E-state index contributed by atoms with van der Waals surface area (Å²) in [6, 6.07) is 5.90. The Hall–Kier alpha value is -1.84. The van der Waals surface area contributed by atoms with Crippen molar-refractivity contribution in [1.82, 2.24) is 0 Å². The first-order chi connectivity index (χ1) is 11.3. The summed E-state index contributed by atoms with van der Waals surface area (Å²) in [5.41, 5.74) is 3.05. The Morgan fingerprint density at radius 3 is 2.62 bits per heavy atom. The maximum atomic E-state index is 13.0. The lowest BCUT2D eigenvalue weighted by Gasteiger charge is -2.46. The molecule has 0 bridgehead atoms. The van der Waals surface area contributed by atoms with Crippen molar-refractivity contribution in [2.45, 2.75) is 53.4 Å². The van der Waals surface area contributed by atoms with Crippen molar-refractivity contribution in [3.8, 4) is 0 Å². The lowest BCUT2D eigenvalue weighted by molar-refractivity contribution is -0.131. The lowest BCUT2D eigenvalue weighted by Crippen LogP contribution is -2.49. The predicted molar refractivity (Wildman–Crippen MR) is 97.1 cm³/mol. The molecule has 2 aliphatic rings. The van der Waals surface area contributed by atoms with Crippen LogP contribution in [0.5, 0.6) is 0 Å². The molecule has 24 heavy (non-hydrogen) atoms. The fraction of sp³-hybridized carbons (Fsp3) is 0.600. The highest BCUT2D eigenvalue weighted by Crippen LogP contribution is 2.48. The molecule has 4 heteroatoms. The van der Waals surface area contributed by atoms with E-state index in [0.29, 0.717) is 0 Å². The molecule has 1 atom stereocenters. The Morgan fingerprint density at radius 2 is 2.04 bits per heavy atom. The van der Waals surface area contributed by atoms with Gasteiger partial charge in [0.2, 0.25) is 11.8 Å². The van der Waals surface area contributed by atoms with Crippen LogP contribution in [0, 0.1) is 17.3 Å². The van der Waals surface area contributed by atoms with Crippen LogP contribution in [0.3, 0.4) is 0 Å². The van der Waals surface area contributed by atoms with Crippen LogP contribution in [-0.4, -0.2) is 18.4 Å². The maximum absolute atomic E-state index is 13.0. The Labute approximate surface area is 144 Å². The molecular weight excluding hydrogens is 300 g/mol. The fourth-order valence-corrected chi connectivity index (χ4v) is 3.76. The largest absolute Gasteiger partial charge is 0.326 e. The van der Waals surface area contributed by atoms with Crippen LogP contribution in [-0.2, 0) is 16.0 Å². The minimum atomic E-state index is -0.0574. The van der Waals surface area contributed by atoms with Crippen LogP contribution in [0.2, 0.25) is 0 Å². The number of carbonyl (C=O) groups excluding carboxylic acids is 2. The van der Waals surface area contributed by atoms with Crippen molar-refractivity contribution < 1.29 is 9.59 Å². The lowest BCUT2D eigenvalue weighted by atomic mass is 9.62. The second-order valence-corrected chi connectivity index (χ2v) is 8.12. The van der Waals surface area contributed by atoms with Gasteiger partial charge in [-0.3, -0.25) is 9.59 Å². The van der Waals surface area contributed by atoms with E-state index in [-0.39, 0.29) is 29.1 Å². The number of carbonyl (C=O) groups is 2. The van der Waals surface area contributed by atoms with Gasteiger partial charge in [-0.2, -0.15) is 0 Å². The zero-order chi connectivity index (χ0) is 17.5. The fourth-order valence-electron chi connectivity index (χ4n) is 3.76. The highest BCUT2D eigenvalue weighted by Gasteiger charge is 2.45. The summed E-state index contributed by atoms with van der Waals surface area (Å²) in [6.07, 6.45) is 3.96. The summed E-state index contributed by atoms with van der Waals surface area (Å²) < 4.78 is 0. The number of hydrogen-bond donors (Lipinski definition) is 1. The highest BCUT2D eigenvalue weighted by atomic mass is 16.2. The van der Waals surface area contributed by atoms with Gasteiger partial charge in [-0.15, -0.1) is 0 Å². The molecule has 130 valence electrons. The molecule has 4 nitrogen and oxygen atoms in total. The third kappa shape index (κ3) is 2.94. The average molecular weight is 328 g/mol. The molecule has 1 aliphatic heterocycles. The Morgan fingerprint density at radius 1 is 1.29 bits per heavy atom. The molecule has 1 unspecified atom stereocenters. The molecule has 0 aromatic heterocycles. The smallest absolute Gasteiger partial charge is 0.230 e. The number of rotatable bonds is 3.